The molecule has 0 aliphatic carbocycles. The van der Waals surface area contributed by atoms with E-state index in [4.69, 9.17) is 142 Å². The first-order chi connectivity index (χ1) is 12.0. The third-order valence-electron chi connectivity index (χ3n) is 0. The molecule has 0 aliphatic heterocycles. The van der Waals surface area contributed by atoms with Crippen LogP contribution in [-0.4, -0.2) is 0 Å². The first kappa shape index (κ1) is 161. The molecule has 0 spiro atoms. The monoisotopic (exact) mass is 580 g/mol. The largest absolute Gasteiger partial charge is 4.00 e. The van der Waals surface area contributed by atoms with Gasteiger partial charge >= 0.3 is 240 Å². The second-order valence-corrected chi connectivity index (χ2v) is 0. The van der Waals surface area contributed by atoms with Crippen molar-refractivity contribution in [2.24, 2.45) is 0 Å². The van der Waals surface area contributed by atoms with Crippen molar-refractivity contribution in [3.05, 3.63) is 78.9 Å². The third-order valence-corrected chi connectivity index (χ3v) is 0. The molecule has 30 heavy (non-hydrogen) atoms. The predicted molar refractivity (Wildman–Crippen MR) is 59.6 cm³/mol. The fourth-order valence-electron chi connectivity index (χ4n) is 0. The van der Waals surface area contributed by atoms with Crippen molar-refractivity contribution >= 4 is 0 Å². The van der Waals surface area contributed by atoms with Crippen LogP contribution in [0.2, 0.25) is 0 Å². The fraction of sp³-hybridized carbons (Fsp3) is 0. The van der Waals surface area contributed by atoms with Crippen LogP contribution in [0.25, 0.3) is 0 Å². The Morgan fingerprint density at radius 3 is 0.167 bits per heavy atom. The number of hydrogen-bond donors (Lipinski definition) is 0. The van der Waals surface area contributed by atoms with Gasteiger partial charge in [0.15, 0.2) is 0 Å². The quantitative estimate of drug-likeness (QED) is 0.191. The van der Waals surface area contributed by atoms with E-state index in [2.05, 4.69) is 0 Å². The van der Waals surface area contributed by atoms with Crippen molar-refractivity contribution in [1.82, 2.24) is 0 Å². The summed E-state index contributed by atoms with van der Waals surface area (Å²) in [6.45, 7) is 57.0. The summed E-state index contributed by atoms with van der Waals surface area (Å²) < 4.78 is 0. The zero-order valence-electron chi connectivity index (χ0n) is 16.1. The zero-order valence-corrected chi connectivity index (χ0v) is 30.8. The molecule has 18 heteroatoms. The maximum Gasteiger partial charge on any atom is 4.00 e. The van der Waals surface area contributed by atoms with Gasteiger partial charge in [-0.1, -0.05) is 0 Å². The zero-order chi connectivity index (χ0) is 24.0. The molecule has 0 N–H and O–H groups in total. The first-order valence-electron chi connectivity index (χ1n) is 2.68. The van der Waals surface area contributed by atoms with Crippen LogP contribution in [0.15, 0.2) is 0 Å². The Morgan fingerprint density at radius 1 is 0.167 bits per heavy atom. The van der Waals surface area contributed by atoms with E-state index in [0.29, 0.717) is 0 Å². The molecule has 0 saturated carbocycles. The molecule has 0 heterocycles. The second kappa shape index (κ2) is 12300. The van der Waals surface area contributed by atoms with Gasteiger partial charge in [-0.05, 0) is 0 Å². The van der Waals surface area contributed by atoms with Crippen molar-refractivity contribution in [3.8, 4) is 0 Å². The minimum Gasteiger partial charge on any atom is -0.512 e. The molecule has 0 bridgehead atoms. The van der Waals surface area contributed by atoms with Gasteiger partial charge in [0.1, 0.15) is 0 Å². The molecule has 0 rings (SSSR count). The standard InChI is InChI=1S/12CN.2Fe.4K/c12*1-2;;;;;;/q12*-1;2*+4;4*+1. The molecule has 128 valence electrons. The minimum atomic E-state index is 0. The van der Waals surface area contributed by atoms with Gasteiger partial charge in [0.05, 0.1) is 0 Å². The smallest absolute Gasteiger partial charge is 0.512 e. The normalized spacial score (nSPS) is 0.800. The summed E-state index contributed by atoms with van der Waals surface area (Å²) in [6.07, 6.45) is 0. The fourth-order valence-corrected chi connectivity index (χ4v) is 0. The van der Waals surface area contributed by atoms with Crippen molar-refractivity contribution in [2.45, 2.75) is 0 Å². The minimum absolute atomic E-state index is 0. The summed E-state index contributed by atoms with van der Waals surface area (Å²) in [5.41, 5.74) is 0. The average molecular weight is 580 g/mol. The molecule has 0 radical (unpaired) electrons. The van der Waals surface area contributed by atoms with Crippen LogP contribution in [0, 0.1) is 142 Å². The summed E-state index contributed by atoms with van der Waals surface area (Å²) in [6, 6.07) is 0. The molecular formula is C12Fe2K4N12. The van der Waals surface area contributed by atoms with Gasteiger partial charge in [0, 0.05) is 0 Å². The summed E-state index contributed by atoms with van der Waals surface area (Å²) in [5.74, 6) is 0. The molecule has 0 aromatic rings. The molecule has 0 fully saturated rings. The van der Waals surface area contributed by atoms with Crippen LogP contribution in [0.3, 0.4) is 0 Å². The van der Waals surface area contributed by atoms with E-state index in [9.17, 15) is 0 Å². The summed E-state index contributed by atoms with van der Waals surface area (Å²) in [4.78, 5) is 0. The Balaban J connectivity index is -0.00000000321. The van der Waals surface area contributed by atoms with E-state index in [1.165, 1.54) is 0 Å². The molecular weight excluding hydrogens is 580 g/mol. The molecule has 0 amide bonds. The van der Waals surface area contributed by atoms with Crippen molar-refractivity contribution < 1.29 is 240 Å². The summed E-state index contributed by atoms with van der Waals surface area (Å²) >= 11 is 0. The molecule has 0 saturated heterocycles. The van der Waals surface area contributed by atoms with Crippen LogP contribution in [0.4, 0.5) is 0 Å². The van der Waals surface area contributed by atoms with Crippen molar-refractivity contribution in [1.29, 1.82) is 63.1 Å². The van der Waals surface area contributed by atoms with Gasteiger partial charge in [-0.3, -0.25) is 0 Å². The Kier molecular flexibility index (Phi) is 66200. The Morgan fingerprint density at radius 2 is 0.167 bits per heavy atom. The van der Waals surface area contributed by atoms with Crippen LogP contribution >= 0.6 is 0 Å². The van der Waals surface area contributed by atoms with Crippen LogP contribution < -0.4 is 206 Å². The van der Waals surface area contributed by atoms with E-state index in [1.54, 1.807) is 0 Å². The number of nitrogens with zero attached hydrogens (tertiary/aromatic N) is 12. The third kappa shape index (κ3) is 11100. The molecule has 0 unspecified atom stereocenters. The van der Waals surface area contributed by atoms with Crippen molar-refractivity contribution in [3.63, 3.8) is 0 Å². The predicted octanol–water partition coefficient (Wildman–Crippen LogP) is -10.8. The molecule has 0 atom stereocenters. The van der Waals surface area contributed by atoms with E-state index in [1.807, 2.05) is 0 Å². The van der Waals surface area contributed by atoms with Gasteiger partial charge in [0.25, 0.3) is 0 Å². The maximum absolute atomic E-state index is 6.25. The van der Waals surface area contributed by atoms with E-state index in [-0.39, 0.29) is 240 Å². The average Bonchev–Trinajstić information content (AvgIpc) is 2.84. The number of hydrogen-bond acceptors (Lipinski definition) is 12. The summed E-state index contributed by atoms with van der Waals surface area (Å²) in [5, 5.41) is 75.0. The second-order valence-electron chi connectivity index (χ2n) is 0. The van der Waals surface area contributed by atoms with E-state index >= 15 is 0 Å². The Labute approximate surface area is 371 Å². The molecule has 0 aromatic carbocycles. The van der Waals surface area contributed by atoms with Crippen LogP contribution in [0.5, 0.6) is 0 Å². The molecule has 0 aromatic heterocycles. The summed E-state index contributed by atoms with van der Waals surface area (Å²) in [7, 11) is 0. The van der Waals surface area contributed by atoms with Gasteiger partial charge in [-0.2, -0.15) is 0 Å². The topological polar surface area (TPSA) is 285 Å². The van der Waals surface area contributed by atoms with Gasteiger partial charge in [-0.15, -0.1) is 0 Å². The Hall–Kier alpha value is 1.46. The first-order valence-corrected chi connectivity index (χ1v) is 2.68. The van der Waals surface area contributed by atoms with Crippen molar-refractivity contribution in [2.75, 3.05) is 0 Å². The van der Waals surface area contributed by atoms with Crippen LogP contribution in [-0.2, 0) is 34.1 Å². The number of rotatable bonds is 0. The van der Waals surface area contributed by atoms with E-state index < -0.39 is 0 Å². The molecule has 0 aliphatic rings. The SMILES string of the molecule is [C-]#N.[C-]#N.[C-]#N.[C-]#N.[C-]#N.[C-]#N.[C-]#N.[C-]#N.[C-]#N.[C-]#N.[C-]#N.[C-]#N.[Fe+4].[Fe+4].[K+].[K+].[K+].[K+]. The van der Waals surface area contributed by atoms with Gasteiger partial charge in [-0.25, -0.2) is 0 Å². The van der Waals surface area contributed by atoms with Gasteiger partial charge in [0.2, 0.25) is 0 Å². The Bertz CT molecular complexity index is 237. The molecule has 12 nitrogen and oxygen atoms in total. The van der Waals surface area contributed by atoms with E-state index in [0.717, 1.165) is 0 Å². The van der Waals surface area contributed by atoms with Gasteiger partial charge < -0.3 is 142 Å². The van der Waals surface area contributed by atoms with Crippen LogP contribution in [0.1, 0.15) is 0 Å². The maximum atomic E-state index is 6.25.